The van der Waals surface area contributed by atoms with E-state index < -0.39 is 0 Å². The smallest absolute Gasteiger partial charge is 0.161 e. The molecule has 0 aliphatic rings. The lowest BCUT2D eigenvalue weighted by Crippen LogP contribution is -2.31. The molecule has 136 valence electrons. The summed E-state index contributed by atoms with van der Waals surface area (Å²) in [5.41, 5.74) is 2.10. The molecule has 0 spiro atoms. The molecule has 0 radical (unpaired) electrons. The van der Waals surface area contributed by atoms with Crippen molar-refractivity contribution in [3.63, 3.8) is 0 Å². The lowest BCUT2D eigenvalue weighted by molar-refractivity contribution is 0.238. The van der Waals surface area contributed by atoms with E-state index in [1.807, 2.05) is 56.3 Å². The Hall–Kier alpha value is -1.75. The summed E-state index contributed by atoms with van der Waals surface area (Å²) in [6.07, 6.45) is 0.885. The molecule has 25 heavy (non-hydrogen) atoms. The van der Waals surface area contributed by atoms with Crippen LogP contribution in [0.2, 0.25) is 5.02 Å². The summed E-state index contributed by atoms with van der Waals surface area (Å²) in [5.74, 6) is 1.43. The molecule has 1 unspecified atom stereocenters. The van der Waals surface area contributed by atoms with Gasteiger partial charge in [0.25, 0.3) is 0 Å². The third-order valence-corrected chi connectivity index (χ3v) is 4.13. The molecule has 0 heterocycles. The number of benzene rings is 2. The molecular weight excluding hydrogens is 338 g/mol. The van der Waals surface area contributed by atoms with Gasteiger partial charge in [0.2, 0.25) is 0 Å². The van der Waals surface area contributed by atoms with Crippen LogP contribution >= 0.6 is 11.6 Å². The second-order valence-electron chi connectivity index (χ2n) is 5.80. The summed E-state index contributed by atoms with van der Waals surface area (Å²) < 4.78 is 11.6. The largest absolute Gasteiger partial charge is 0.490 e. The van der Waals surface area contributed by atoms with E-state index in [0.717, 1.165) is 23.3 Å². The number of aliphatic hydroxyl groups is 1. The molecule has 2 rings (SSSR count). The van der Waals surface area contributed by atoms with Crippen molar-refractivity contribution >= 4 is 11.6 Å². The van der Waals surface area contributed by atoms with E-state index in [-0.39, 0.29) is 12.6 Å². The van der Waals surface area contributed by atoms with Gasteiger partial charge < -0.3 is 19.9 Å². The van der Waals surface area contributed by atoms with Crippen LogP contribution in [0.5, 0.6) is 11.5 Å². The van der Waals surface area contributed by atoms with Crippen LogP contribution in [0.25, 0.3) is 0 Å². The van der Waals surface area contributed by atoms with Crippen LogP contribution in [0.1, 0.15) is 31.4 Å². The predicted molar refractivity (Wildman–Crippen MR) is 101 cm³/mol. The summed E-state index contributed by atoms with van der Waals surface area (Å²) >= 11 is 6.01. The van der Waals surface area contributed by atoms with E-state index in [4.69, 9.17) is 21.1 Å². The van der Waals surface area contributed by atoms with E-state index in [1.54, 1.807) is 0 Å². The van der Waals surface area contributed by atoms with E-state index in [9.17, 15) is 5.11 Å². The molecule has 0 bridgehead atoms. The Morgan fingerprint density at radius 3 is 2.56 bits per heavy atom. The topological polar surface area (TPSA) is 50.7 Å². The minimum absolute atomic E-state index is 0.106. The molecule has 2 N–H and O–H groups in total. The highest BCUT2D eigenvalue weighted by atomic mass is 35.5. The van der Waals surface area contributed by atoms with E-state index in [1.165, 1.54) is 0 Å². The third-order valence-electron chi connectivity index (χ3n) is 3.90. The zero-order valence-electron chi connectivity index (χ0n) is 14.8. The van der Waals surface area contributed by atoms with Gasteiger partial charge in [-0.3, -0.25) is 0 Å². The summed E-state index contributed by atoms with van der Waals surface area (Å²) in [5, 5.41) is 13.3. The summed E-state index contributed by atoms with van der Waals surface area (Å²) in [6, 6.07) is 13.6. The van der Waals surface area contributed by atoms with Crippen molar-refractivity contribution in [1.82, 2.24) is 5.32 Å². The normalized spacial score (nSPS) is 12.0. The van der Waals surface area contributed by atoms with Gasteiger partial charge in [0.1, 0.15) is 6.61 Å². The number of hydrogen-bond donors (Lipinski definition) is 2. The summed E-state index contributed by atoms with van der Waals surface area (Å²) in [7, 11) is 0. The predicted octanol–water partition coefficient (Wildman–Crippen LogP) is 4.18. The van der Waals surface area contributed by atoms with Crippen LogP contribution in [-0.4, -0.2) is 24.4 Å². The molecule has 0 fully saturated rings. The Balaban J connectivity index is 2.04. The van der Waals surface area contributed by atoms with Gasteiger partial charge >= 0.3 is 0 Å². The first kappa shape index (κ1) is 19.6. The van der Waals surface area contributed by atoms with Crippen LogP contribution in [0, 0.1) is 0 Å². The maximum Gasteiger partial charge on any atom is 0.161 e. The van der Waals surface area contributed by atoms with Crippen LogP contribution in [-0.2, 0) is 13.2 Å². The molecular formula is C20H26ClNO3. The van der Waals surface area contributed by atoms with Crippen molar-refractivity contribution in [2.45, 2.75) is 39.5 Å². The first-order valence-corrected chi connectivity index (χ1v) is 9.01. The second-order valence-corrected chi connectivity index (χ2v) is 6.24. The molecule has 1 atom stereocenters. The van der Waals surface area contributed by atoms with Crippen molar-refractivity contribution in [1.29, 1.82) is 0 Å². The molecule has 5 heteroatoms. The van der Waals surface area contributed by atoms with Crippen molar-refractivity contribution in [2.75, 3.05) is 13.2 Å². The zero-order valence-corrected chi connectivity index (χ0v) is 15.6. The first-order valence-electron chi connectivity index (χ1n) is 8.63. The molecule has 0 saturated carbocycles. The number of aliphatic hydroxyl groups excluding tert-OH is 1. The average molecular weight is 364 g/mol. The Bertz CT molecular complexity index is 659. The highest BCUT2D eigenvalue weighted by Crippen LogP contribution is 2.29. The van der Waals surface area contributed by atoms with Crippen molar-refractivity contribution in [2.24, 2.45) is 0 Å². The lowest BCUT2D eigenvalue weighted by atomic mass is 10.1. The van der Waals surface area contributed by atoms with Crippen molar-refractivity contribution in [3.05, 3.63) is 58.6 Å². The summed E-state index contributed by atoms with van der Waals surface area (Å²) in [4.78, 5) is 0. The Labute approximate surface area is 154 Å². The van der Waals surface area contributed by atoms with Gasteiger partial charge in [0.15, 0.2) is 11.5 Å². The zero-order chi connectivity index (χ0) is 18.1. The highest BCUT2D eigenvalue weighted by Gasteiger charge is 2.09. The van der Waals surface area contributed by atoms with E-state index in [2.05, 4.69) is 5.32 Å². The number of hydrogen-bond acceptors (Lipinski definition) is 4. The quantitative estimate of drug-likeness (QED) is 0.665. The monoisotopic (exact) mass is 363 g/mol. The highest BCUT2D eigenvalue weighted by molar-refractivity contribution is 6.30. The van der Waals surface area contributed by atoms with Crippen LogP contribution in [0.15, 0.2) is 42.5 Å². The van der Waals surface area contributed by atoms with Gasteiger partial charge in [-0.2, -0.15) is 0 Å². The van der Waals surface area contributed by atoms with Gasteiger partial charge in [-0.1, -0.05) is 36.7 Å². The fraction of sp³-hybridized carbons (Fsp3) is 0.400. The molecule has 0 aliphatic carbocycles. The second kappa shape index (κ2) is 10.3. The maximum atomic E-state index is 9.27. The number of rotatable bonds is 10. The SMILES string of the molecule is CCOc1cc(CNC(CC)CO)ccc1OCc1cccc(Cl)c1. The van der Waals surface area contributed by atoms with Gasteiger partial charge in [0.05, 0.1) is 13.2 Å². The molecule has 2 aromatic rings. The standard InChI is InChI=1S/C20H26ClNO3/c1-3-18(13-23)22-12-15-8-9-19(20(11-15)24-4-2)25-14-16-6-5-7-17(21)10-16/h5-11,18,22-23H,3-4,12-14H2,1-2H3. The summed E-state index contributed by atoms with van der Waals surface area (Å²) in [6.45, 7) is 5.81. The van der Waals surface area contributed by atoms with Gasteiger partial charge in [-0.15, -0.1) is 0 Å². The average Bonchev–Trinajstić information content (AvgIpc) is 2.62. The first-order chi connectivity index (χ1) is 12.2. The van der Waals surface area contributed by atoms with Crippen LogP contribution < -0.4 is 14.8 Å². The maximum absolute atomic E-state index is 9.27. The van der Waals surface area contributed by atoms with E-state index >= 15 is 0 Å². The molecule has 2 aromatic carbocycles. The molecule has 0 aliphatic heterocycles. The number of halogens is 1. The molecule has 0 saturated heterocycles. The van der Waals surface area contributed by atoms with Crippen molar-refractivity contribution in [3.8, 4) is 11.5 Å². The molecule has 4 nitrogen and oxygen atoms in total. The third kappa shape index (κ3) is 6.24. The van der Waals surface area contributed by atoms with E-state index in [0.29, 0.717) is 30.5 Å². The Morgan fingerprint density at radius 2 is 1.88 bits per heavy atom. The molecule has 0 aromatic heterocycles. The number of nitrogens with one attached hydrogen (secondary N) is 1. The van der Waals surface area contributed by atoms with Crippen LogP contribution in [0.3, 0.4) is 0 Å². The number of ether oxygens (including phenoxy) is 2. The minimum atomic E-state index is 0.106. The Morgan fingerprint density at radius 1 is 1.04 bits per heavy atom. The fourth-order valence-electron chi connectivity index (χ4n) is 2.44. The fourth-order valence-corrected chi connectivity index (χ4v) is 2.65. The van der Waals surface area contributed by atoms with Gasteiger partial charge in [-0.05, 0) is 48.7 Å². The lowest BCUT2D eigenvalue weighted by Gasteiger charge is -2.16. The Kier molecular flexibility index (Phi) is 8.06. The molecule has 0 amide bonds. The van der Waals surface area contributed by atoms with Gasteiger partial charge in [0, 0.05) is 17.6 Å². The van der Waals surface area contributed by atoms with Gasteiger partial charge in [-0.25, -0.2) is 0 Å². The van der Waals surface area contributed by atoms with Crippen molar-refractivity contribution < 1.29 is 14.6 Å². The minimum Gasteiger partial charge on any atom is -0.490 e. The van der Waals surface area contributed by atoms with Crippen LogP contribution in [0.4, 0.5) is 0 Å².